The highest BCUT2D eigenvalue weighted by atomic mass is 32.2. The summed E-state index contributed by atoms with van der Waals surface area (Å²) in [6.45, 7) is 1.02. The maximum atomic E-state index is 12.9. The van der Waals surface area contributed by atoms with Crippen molar-refractivity contribution < 1.29 is 39.5 Å². The van der Waals surface area contributed by atoms with Crippen LogP contribution in [0.3, 0.4) is 0 Å². The summed E-state index contributed by atoms with van der Waals surface area (Å²) in [5.74, 6) is -0.200. The Hall–Kier alpha value is -3.62. The molecule has 1 aliphatic rings. The molecule has 14 heteroatoms. The molecule has 0 spiro atoms. The van der Waals surface area contributed by atoms with Gasteiger partial charge in [0.2, 0.25) is 10.0 Å². The standard InChI is InChI=1S/C27H28F3N3O6S2/c28-27(29,30)21-4-3-5-22(18-21)32-40(35,36)24-12-8-23(9-13-24)39-19-26(34)31-15-14-20-6-10-25(11-7-20)41(37,38)33-16-1-2-17-33/h3-13,18,32H,1-2,14-17,19H2,(H,31,34). The molecule has 0 aromatic heterocycles. The third-order valence-corrected chi connectivity index (χ3v) is 9.62. The van der Waals surface area contributed by atoms with E-state index in [1.165, 1.54) is 34.6 Å². The second-order valence-corrected chi connectivity index (χ2v) is 12.9. The topological polar surface area (TPSA) is 122 Å². The molecule has 1 saturated heterocycles. The Balaban J connectivity index is 1.23. The SMILES string of the molecule is O=C(COc1ccc(S(=O)(=O)Nc2cccc(C(F)(F)F)c2)cc1)NCCc1ccc(S(=O)(=O)N2CCCC2)cc1. The van der Waals surface area contributed by atoms with Gasteiger partial charge in [-0.3, -0.25) is 9.52 Å². The van der Waals surface area contributed by atoms with Gasteiger partial charge >= 0.3 is 6.18 Å². The van der Waals surface area contributed by atoms with Gasteiger partial charge < -0.3 is 10.1 Å². The predicted octanol–water partition coefficient (Wildman–Crippen LogP) is 4.03. The zero-order chi connectivity index (χ0) is 29.7. The molecule has 3 aromatic carbocycles. The second kappa shape index (κ2) is 12.5. The van der Waals surface area contributed by atoms with Crippen molar-refractivity contribution in [1.29, 1.82) is 0 Å². The third kappa shape index (κ3) is 7.99. The minimum atomic E-state index is -4.61. The lowest BCUT2D eigenvalue weighted by atomic mass is 10.1. The molecule has 1 aliphatic heterocycles. The molecule has 0 atom stereocenters. The summed E-state index contributed by atoms with van der Waals surface area (Å²) in [5.41, 5.74) is -0.372. The van der Waals surface area contributed by atoms with Gasteiger partial charge in [-0.1, -0.05) is 18.2 Å². The number of rotatable bonds is 11. The van der Waals surface area contributed by atoms with E-state index in [4.69, 9.17) is 4.74 Å². The number of hydrogen-bond acceptors (Lipinski definition) is 6. The number of benzene rings is 3. The average Bonchev–Trinajstić information content (AvgIpc) is 3.48. The van der Waals surface area contributed by atoms with Crippen molar-refractivity contribution in [1.82, 2.24) is 9.62 Å². The number of halogens is 3. The zero-order valence-corrected chi connectivity index (χ0v) is 23.4. The molecule has 2 N–H and O–H groups in total. The highest BCUT2D eigenvalue weighted by Crippen LogP contribution is 2.31. The third-order valence-electron chi connectivity index (χ3n) is 6.31. The van der Waals surface area contributed by atoms with Crippen LogP contribution in [0.25, 0.3) is 0 Å². The van der Waals surface area contributed by atoms with Crippen molar-refractivity contribution in [2.45, 2.75) is 35.2 Å². The summed E-state index contributed by atoms with van der Waals surface area (Å²) in [6.07, 6.45) is -2.42. The van der Waals surface area contributed by atoms with Crippen molar-refractivity contribution >= 4 is 31.6 Å². The van der Waals surface area contributed by atoms with E-state index in [1.807, 2.05) is 0 Å². The van der Waals surface area contributed by atoms with Crippen molar-refractivity contribution in [2.24, 2.45) is 0 Å². The Bertz CT molecular complexity index is 1570. The van der Waals surface area contributed by atoms with E-state index in [0.29, 0.717) is 32.1 Å². The van der Waals surface area contributed by atoms with E-state index in [2.05, 4.69) is 10.0 Å². The lowest BCUT2D eigenvalue weighted by Gasteiger charge is -2.15. The van der Waals surface area contributed by atoms with Crippen molar-refractivity contribution in [3.63, 3.8) is 0 Å². The fourth-order valence-corrected chi connectivity index (χ4v) is 6.71. The smallest absolute Gasteiger partial charge is 0.416 e. The Morgan fingerprint density at radius 3 is 2.15 bits per heavy atom. The summed E-state index contributed by atoms with van der Waals surface area (Å²) in [6, 6.07) is 15.4. The molecule has 9 nitrogen and oxygen atoms in total. The number of anilines is 1. The molecule has 4 rings (SSSR count). The number of amides is 1. The van der Waals surface area contributed by atoms with Gasteiger partial charge in [-0.25, -0.2) is 16.8 Å². The number of nitrogens with one attached hydrogen (secondary N) is 2. The van der Waals surface area contributed by atoms with Gasteiger partial charge in [0.05, 0.1) is 15.4 Å². The van der Waals surface area contributed by atoms with Crippen molar-refractivity contribution in [3.05, 3.63) is 83.9 Å². The summed E-state index contributed by atoms with van der Waals surface area (Å²) < 4.78 is 98.0. The van der Waals surface area contributed by atoms with Crippen LogP contribution in [0.5, 0.6) is 5.75 Å². The second-order valence-electron chi connectivity index (χ2n) is 9.30. The summed E-state index contributed by atoms with van der Waals surface area (Å²) in [7, 11) is -7.65. The summed E-state index contributed by atoms with van der Waals surface area (Å²) in [5, 5.41) is 2.69. The number of carbonyl (C=O) groups excluding carboxylic acids is 1. The van der Waals surface area contributed by atoms with Gasteiger partial charge in [0.15, 0.2) is 6.61 Å². The Labute approximate surface area is 236 Å². The van der Waals surface area contributed by atoms with Crippen LogP contribution < -0.4 is 14.8 Å². The first-order valence-electron chi connectivity index (χ1n) is 12.6. The molecule has 1 amide bonds. The fraction of sp³-hybridized carbons (Fsp3) is 0.296. The first kappa shape index (κ1) is 30.3. The zero-order valence-electron chi connectivity index (χ0n) is 21.7. The highest BCUT2D eigenvalue weighted by Gasteiger charge is 2.31. The molecular formula is C27H28F3N3O6S2. The van der Waals surface area contributed by atoms with Crippen molar-refractivity contribution in [3.8, 4) is 5.75 Å². The molecule has 1 fully saturated rings. The number of alkyl halides is 3. The first-order chi connectivity index (χ1) is 19.3. The summed E-state index contributed by atoms with van der Waals surface area (Å²) >= 11 is 0. The van der Waals surface area contributed by atoms with E-state index in [0.717, 1.165) is 30.5 Å². The fourth-order valence-electron chi connectivity index (χ4n) is 4.14. The molecule has 0 aliphatic carbocycles. The van der Waals surface area contributed by atoms with Crippen molar-refractivity contribution in [2.75, 3.05) is 31.0 Å². The lowest BCUT2D eigenvalue weighted by Crippen LogP contribution is -2.30. The molecule has 0 radical (unpaired) electrons. The van der Waals surface area contributed by atoms with Gasteiger partial charge in [-0.05, 0) is 79.4 Å². The van der Waals surface area contributed by atoms with Crippen LogP contribution in [0.4, 0.5) is 18.9 Å². The lowest BCUT2D eigenvalue weighted by molar-refractivity contribution is -0.137. The van der Waals surface area contributed by atoms with Gasteiger partial charge in [-0.2, -0.15) is 17.5 Å². The monoisotopic (exact) mass is 611 g/mol. The maximum Gasteiger partial charge on any atom is 0.416 e. The van der Waals surface area contributed by atoms with E-state index in [-0.39, 0.29) is 27.8 Å². The molecule has 220 valence electrons. The quantitative estimate of drug-likeness (QED) is 0.338. The molecule has 1 heterocycles. The van der Waals surface area contributed by atoms with Gasteiger partial charge in [0, 0.05) is 25.3 Å². The van der Waals surface area contributed by atoms with Crippen LogP contribution in [-0.2, 0) is 37.4 Å². The van der Waals surface area contributed by atoms with Gasteiger partial charge in [-0.15, -0.1) is 0 Å². The van der Waals surface area contributed by atoms with Gasteiger partial charge in [0.25, 0.3) is 15.9 Å². The van der Waals surface area contributed by atoms with Crippen LogP contribution >= 0.6 is 0 Å². The number of nitrogens with zero attached hydrogens (tertiary/aromatic N) is 1. The Morgan fingerprint density at radius 2 is 1.51 bits per heavy atom. The minimum Gasteiger partial charge on any atom is -0.484 e. The average molecular weight is 612 g/mol. The van der Waals surface area contributed by atoms with Crippen LogP contribution in [0.1, 0.15) is 24.0 Å². The normalized spacial score (nSPS) is 14.5. The molecule has 0 unspecified atom stereocenters. The first-order valence-corrected chi connectivity index (χ1v) is 15.6. The van der Waals surface area contributed by atoms with Crippen LogP contribution in [-0.4, -0.2) is 53.3 Å². The molecule has 3 aromatic rings. The molecule has 41 heavy (non-hydrogen) atoms. The van der Waals surface area contributed by atoms with Crippen LogP contribution in [0.15, 0.2) is 82.6 Å². The molecule has 0 bridgehead atoms. The molecule has 0 saturated carbocycles. The number of hydrogen-bond donors (Lipinski definition) is 2. The van der Waals surface area contributed by atoms with E-state index in [9.17, 15) is 34.8 Å². The molecular weight excluding hydrogens is 583 g/mol. The largest absolute Gasteiger partial charge is 0.484 e. The Morgan fingerprint density at radius 1 is 0.878 bits per heavy atom. The predicted molar refractivity (Wildman–Crippen MR) is 145 cm³/mol. The maximum absolute atomic E-state index is 12.9. The van der Waals surface area contributed by atoms with E-state index >= 15 is 0 Å². The Kier molecular flexibility index (Phi) is 9.24. The summed E-state index contributed by atoms with van der Waals surface area (Å²) in [4.78, 5) is 12.2. The minimum absolute atomic E-state index is 0.203. The van der Waals surface area contributed by atoms with Crippen LogP contribution in [0.2, 0.25) is 0 Å². The van der Waals surface area contributed by atoms with Gasteiger partial charge in [0.1, 0.15) is 5.75 Å². The number of ether oxygens (including phenoxy) is 1. The highest BCUT2D eigenvalue weighted by molar-refractivity contribution is 7.92. The van der Waals surface area contributed by atoms with Crippen LogP contribution in [0, 0.1) is 0 Å². The number of carbonyl (C=O) groups is 1. The number of sulfonamides is 2. The van der Waals surface area contributed by atoms with E-state index < -0.39 is 37.7 Å². The van der Waals surface area contributed by atoms with E-state index in [1.54, 1.807) is 24.3 Å².